The van der Waals surface area contributed by atoms with Gasteiger partial charge in [-0.2, -0.15) is 0 Å². The smallest absolute Gasteiger partial charge is 0.325 e. The average Bonchev–Trinajstić information content (AvgIpc) is 2.82. The Morgan fingerprint density at radius 2 is 1.81 bits per heavy atom. The zero-order valence-corrected chi connectivity index (χ0v) is 15.0. The molecular weight excluding hydrogens is 330 g/mol. The molecule has 0 aromatic heterocycles. The third kappa shape index (κ3) is 2.77. The molecule has 2 aliphatic heterocycles. The number of carbonyl (C=O) groups is 3. The summed E-state index contributed by atoms with van der Waals surface area (Å²) in [6.45, 7) is 1.28. The topological polar surface area (TPSA) is 69.7 Å². The molecule has 1 aliphatic carbocycles. The van der Waals surface area contributed by atoms with Crippen LogP contribution in [0, 0.1) is 0 Å². The highest BCUT2D eigenvalue weighted by atomic mass is 16.2. The highest BCUT2D eigenvalue weighted by Gasteiger charge is 2.53. The van der Waals surface area contributed by atoms with Crippen LogP contribution in [0.2, 0.25) is 0 Å². The van der Waals surface area contributed by atoms with Gasteiger partial charge in [-0.15, -0.1) is 0 Å². The zero-order chi connectivity index (χ0) is 18.1. The summed E-state index contributed by atoms with van der Waals surface area (Å²) in [7, 11) is 0. The first-order valence-corrected chi connectivity index (χ1v) is 9.62. The van der Waals surface area contributed by atoms with Crippen LogP contribution in [0.1, 0.15) is 49.7 Å². The Labute approximate surface area is 153 Å². The highest BCUT2D eigenvalue weighted by Crippen LogP contribution is 2.38. The highest BCUT2D eigenvalue weighted by molar-refractivity contribution is 6.09. The molecule has 0 bridgehead atoms. The van der Waals surface area contributed by atoms with E-state index in [1.807, 2.05) is 24.3 Å². The number of amides is 4. The van der Waals surface area contributed by atoms with E-state index >= 15 is 0 Å². The molecule has 0 saturated carbocycles. The molecule has 4 amide bonds. The van der Waals surface area contributed by atoms with E-state index in [1.54, 1.807) is 4.90 Å². The molecule has 4 rings (SSSR count). The fraction of sp³-hybridized carbons (Fsp3) is 0.550. The van der Waals surface area contributed by atoms with Gasteiger partial charge < -0.3 is 10.2 Å². The maximum Gasteiger partial charge on any atom is 0.325 e. The van der Waals surface area contributed by atoms with Gasteiger partial charge in [0.05, 0.1) is 0 Å². The Kier molecular flexibility index (Phi) is 4.42. The van der Waals surface area contributed by atoms with Crippen LogP contribution < -0.4 is 5.32 Å². The van der Waals surface area contributed by atoms with Gasteiger partial charge in [0.15, 0.2) is 0 Å². The van der Waals surface area contributed by atoms with E-state index < -0.39 is 11.6 Å². The molecule has 2 saturated heterocycles. The Morgan fingerprint density at radius 3 is 2.62 bits per heavy atom. The first kappa shape index (κ1) is 17.1. The number of aryl methyl sites for hydroxylation is 1. The number of fused-ring (bicyclic) bond motifs is 2. The van der Waals surface area contributed by atoms with E-state index in [0.29, 0.717) is 6.42 Å². The molecule has 1 spiro atoms. The van der Waals surface area contributed by atoms with Crippen LogP contribution in [0.4, 0.5) is 4.79 Å². The number of nitrogens with zero attached hydrogens (tertiary/aromatic N) is 2. The summed E-state index contributed by atoms with van der Waals surface area (Å²) in [5, 5.41) is 2.94. The van der Waals surface area contributed by atoms with Crippen LogP contribution in [-0.2, 0) is 21.5 Å². The molecule has 1 aromatic rings. The van der Waals surface area contributed by atoms with E-state index in [9.17, 15) is 14.4 Å². The van der Waals surface area contributed by atoms with Crippen molar-refractivity contribution in [2.75, 3.05) is 19.6 Å². The van der Waals surface area contributed by atoms with Gasteiger partial charge in [0.1, 0.15) is 12.1 Å². The van der Waals surface area contributed by atoms with Crippen LogP contribution in [0.3, 0.4) is 0 Å². The summed E-state index contributed by atoms with van der Waals surface area (Å²) in [5.41, 5.74) is 0.999. The van der Waals surface area contributed by atoms with Crippen LogP contribution in [0.5, 0.6) is 0 Å². The third-order valence-corrected chi connectivity index (χ3v) is 5.90. The number of carbonyl (C=O) groups excluding carboxylic acids is 3. The summed E-state index contributed by atoms with van der Waals surface area (Å²) in [5.74, 6) is -0.408. The Balaban J connectivity index is 1.60. The second kappa shape index (κ2) is 6.74. The van der Waals surface area contributed by atoms with Gasteiger partial charge in [-0.05, 0) is 56.1 Å². The van der Waals surface area contributed by atoms with Crippen LogP contribution in [0.25, 0.3) is 0 Å². The summed E-state index contributed by atoms with van der Waals surface area (Å²) in [6.07, 6.45) is 6.47. The minimum absolute atomic E-state index is 0.132. The summed E-state index contributed by atoms with van der Waals surface area (Å²) in [4.78, 5) is 41.4. The molecule has 1 aromatic carbocycles. The fourth-order valence-corrected chi connectivity index (χ4v) is 4.50. The van der Waals surface area contributed by atoms with Gasteiger partial charge in [-0.1, -0.05) is 24.3 Å². The van der Waals surface area contributed by atoms with E-state index in [1.165, 1.54) is 0 Å². The van der Waals surface area contributed by atoms with E-state index in [-0.39, 0.29) is 18.4 Å². The lowest BCUT2D eigenvalue weighted by Crippen LogP contribution is -2.46. The normalized spacial score (nSPS) is 25.8. The van der Waals surface area contributed by atoms with Crippen molar-refractivity contribution in [2.24, 2.45) is 0 Å². The molecule has 2 fully saturated rings. The number of urea groups is 1. The molecule has 6 nitrogen and oxygen atoms in total. The van der Waals surface area contributed by atoms with Crippen LogP contribution in [-0.4, -0.2) is 47.3 Å². The maximum absolute atomic E-state index is 13.3. The number of rotatable bonds is 2. The molecule has 26 heavy (non-hydrogen) atoms. The summed E-state index contributed by atoms with van der Waals surface area (Å²) < 4.78 is 0. The maximum atomic E-state index is 13.3. The predicted octanol–water partition coefficient (Wildman–Crippen LogP) is 2.17. The van der Waals surface area contributed by atoms with Crippen molar-refractivity contribution in [1.29, 1.82) is 0 Å². The first-order valence-electron chi connectivity index (χ1n) is 9.62. The van der Waals surface area contributed by atoms with Gasteiger partial charge in [-0.25, -0.2) is 4.79 Å². The Hall–Kier alpha value is -2.37. The fourth-order valence-electron chi connectivity index (χ4n) is 4.50. The van der Waals surface area contributed by atoms with Crippen molar-refractivity contribution in [1.82, 2.24) is 15.1 Å². The molecular formula is C20H25N3O3. The number of benzene rings is 1. The second-order valence-electron chi connectivity index (χ2n) is 7.53. The van der Waals surface area contributed by atoms with Crippen molar-refractivity contribution in [3.05, 3.63) is 35.4 Å². The molecule has 3 aliphatic rings. The monoisotopic (exact) mass is 355 g/mol. The van der Waals surface area contributed by atoms with Gasteiger partial charge in [0.25, 0.3) is 5.91 Å². The Morgan fingerprint density at radius 1 is 1.04 bits per heavy atom. The van der Waals surface area contributed by atoms with E-state index in [0.717, 1.165) is 67.6 Å². The zero-order valence-electron chi connectivity index (χ0n) is 15.0. The second-order valence-corrected chi connectivity index (χ2v) is 7.53. The molecule has 6 heteroatoms. The van der Waals surface area contributed by atoms with Crippen molar-refractivity contribution in [3.63, 3.8) is 0 Å². The summed E-state index contributed by atoms with van der Waals surface area (Å²) >= 11 is 0. The molecule has 0 unspecified atom stereocenters. The third-order valence-electron chi connectivity index (χ3n) is 5.90. The number of likely N-dealkylation sites (tertiary alicyclic amines) is 1. The first-order chi connectivity index (χ1) is 12.6. The Bertz CT molecular complexity index is 742. The van der Waals surface area contributed by atoms with Gasteiger partial charge >= 0.3 is 6.03 Å². The molecule has 138 valence electrons. The minimum Gasteiger partial charge on any atom is -0.341 e. The van der Waals surface area contributed by atoms with Crippen molar-refractivity contribution < 1.29 is 14.4 Å². The number of imide groups is 1. The molecule has 0 radical (unpaired) electrons. The molecule has 2 heterocycles. The lowest BCUT2D eigenvalue weighted by molar-refractivity contribution is -0.139. The average molecular weight is 355 g/mol. The minimum atomic E-state index is -1.01. The van der Waals surface area contributed by atoms with Crippen molar-refractivity contribution in [3.8, 4) is 0 Å². The predicted molar refractivity (Wildman–Crippen MR) is 96.4 cm³/mol. The van der Waals surface area contributed by atoms with Crippen molar-refractivity contribution in [2.45, 2.75) is 50.5 Å². The van der Waals surface area contributed by atoms with Gasteiger partial charge in [0.2, 0.25) is 5.91 Å². The lowest BCUT2D eigenvalue weighted by Gasteiger charge is -2.29. The van der Waals surface area contributed by atoms with Gasteiger partial charge in [0, 0.05) is 13.1 Å². The standard InChI is InChI=1S/C20H25N3O3/c24-17(22-12-6-1-7-13-22)14-23-18(25)20(21-19(23)26)11-5-4-9-15-8-2-3-10-16(15)20/h2-3,8,10H,1,4-7,9,11-14H2,(H,21,26)/t20-/m1/s1. The summed E-state index contributed by atoms with van der Waals surface area (Å²) in [6, 6.07) is 7.40. The van der Waals surface area contributed by atoms with E-state index in [2.05, 4.69) is 5.32 Å². The van der Waals surface area contributed by atoms with E-state index in [4.69, 9.17) is 0 Å². The van der Waals surface area contributed by atoms with Crippen LogP contribution >= 0.6 is 0 Å². The number of hydrogen-bond donors (Lipinski definition) is 1. The number of nitrogens with one attached hydrogen (secondary N) is 1. The van der Waals surface area contributed by atoms with Gasteiger partial charge in [-0.3, -0.25) is 14.5 Å². The lowest BCUT2D eigenvalue weighted by atomic mass is 9.84. The quantitative estimate of drug-likeness (QED) is 0.827. The SMILES string of the molecule is O=C(CN1C(=O)N[C@@]2(CCCCc3ccccc32)C1=O)N1CCCCC1. The number of hydrogen-bond acceptors (Lipinski definition) is 3. The molecule has 1 N–H and O–H groups in total. The largest absolute Gasteiger partial charge is 0.341 e. The number of piperidine rings is 1. The molecule has 1 atom stereocenters. The van der Waals surface area contributed by atoms with Crippen molar-refractivity contribution >= 4 is 17.8 Å². The van der Waals surface area contributed by atoms with Crippen LogP contribution in [0.15, 0.2) is 24.3 Å².